The van der Waals surface area contributed by atoms with Crippen LogP contribution in [0.2, 0.25) is 0 Å². The van der Waals surface area contributed by atoms with Gasteiger partial charge in [0.05, 0.1) is 25.9 Å². The summed E-state index contributed by atoms with van der Waals surface area (Å²) in [5, 5.41) is 9.05. The lowest BCUT2D eigenvalue weighted by Crippen LogP contribution is -2.00. The predicted molar refractivity (Wildman–Crippen MR) is 75.0 cm³/mol. The van der Waals surface area contributed by atoms with Crippen molar-refractivity contribution in [3.63, 3.8) is 0 Å². The topological polar surface area (TPSA) is 51.5 Å². The molecule has 2 rings (SSSR count). The molecule has 0 N–H and O–H groups in total. The second-order valence-corrected chi connectivity index (χ2v) is 4.05. The van der Waals surface area contributed by atoms with E-state index in [9.17, 15) is 0 Å². The summed E-state index contributed by atoms with van der Waals surface area (Å²) in [5.41, 5.74) is 1.44. The fourth-order valence-electron chi connectivity index (χ4n) is 1.88. The number of methoxy groups -OCH3 is 2. The molecule has 4 heteroatoms. The molecule has 0 radical (unpaired) electrons. The molecule has 0 saturated heterocycles. The Morgan fingerprint density at radius 2 is 1.70 bits per heavy atom. The molecule has 0 bridgehead atoms. The molecule has 0 spiro atoms. The SMILES string of the molecule is COc1cccc(OCc2ccccc2C#N)c1OC. The van der Waals surface area contributed by atoms with Gasteiger partial charge in [-0.2, -0.15) is 5.26 Å². The number of para-hydroxylation sites is 1. The van der Waals surface area contributed by atoms with E-state index in [0.717, 1.165) is 5.56 Å². The fraction of sp³-hybridized carbons (Fsp3) is 0.188. The summed E-state index contributed by atoms with van der Waals surface area (Å²) in [6.07, 6.45) is 0. The van der Waals surface area contributed by atoms with Gasteiger partial charge in [-0.1, -0.05) is 24.3 Å². The quantitative estimate of drug-likeness (QED) is 0.836. The summed E-state index contributed by atoms with van der Waals surface area (Å²) in [7, 11) is 3.14. The molecule has 0 unspecified atom stereocenters. The maximum Gasteiger partial charge on any atom is 0.203 e. The summed E-state index contributed by atoms with van der Waals surface area (Å²) in [5.74, 6) is 1.74. The van der Waals surface area contributed by atoms with E-state index in [0.29, 0.717) is 29.4 Å². The van der Waals surface area contributed by atoms with Crippen molar-refractivity contribution in [2.45, 2.75) is 6.61 Å². The first-order valence-corrected chi connectivity index (χ1v) is 6.12. The summed E-state index contributed by atoms with van der Waals surface area (Å²) in [4.78, 5) is 0. The number of nitrogens with zero attached hydrogens (tertiary/aromatic N) is 1. The molecule has 0 aliphatic rings. The van der Waals surface area contributed by atoms with Gasteiger partial charge in [-0.05, 0) is 18.2 Å². The molecule has 0 heterocycles. The largest absolute Gasteiger partial charge is 0.493 e. The number of rotatable bonds is 5. The number of hydrogen-bond donors (Lipinski definition) is 0. The van der Waals surface area contributed by atoms with E-state index in [-0.39, 0.29) is 0 Å². The van der Waals surface area contributed by atoms with Crippen LogP contribution in [0.4, 0.5) is 0 Å². The summed E-state index contributed by atoms with van der Waals surface area (Å²) >= 11 is 0. The van der Waals surface area contributed by atoms with Crippen molar-refractivity contribution in [1.29, 1.82) is 5.26 Å². The third kappa shape index (κ3) is 2.83. The van der Waals surface area contributed by atoms with Crippen molar-refractivity contribution in [1.82, 2.24) is 0 Å². The second-order valence-electron chi connectivity index (χ2n) is 4.05. The first-order chi connectivity index (χ1) is 9.80. The van der Waals surface area contributed by atoms with Crippen molar-refractivity contribution < 1.29 is 14.2 Å². The van der Waals surface area contributed by atoms with E-state index in [2.05, 4.69) is 6.07 Å². The zero-order chi connectivity index (χ0) is 14.4. The molecular weight excluding hydrogens is 254 g/mol. The summed E-state index contributed by atoms with van der Waals surface area (Å²) in [6.45, 7) is 0.299. The number of benzene rings is 2. The highest BCUT2D eigenvalue weighted by molar-refractivity contribution is 5.51. The van der Waals surface area contributed by atoms with Crippen LogP contribution < -0.4 is 14.2 Å². The van der Waals surface area contributed by atoms with Crippen molar-refractivity contribution >= 4 is 0 Å². The van der Waals surface area contributed by atoms with Gasteiger partial charge in [0.1, 0.15) is 6.61 Å². The Labute approximate surface area is 118 Å². The van der Waals surface area contributed by atoms with Gasteiger partial charge in [-0.25, -0.2) is 0 Å². The average molecular weight is 269 g/mol. The van der Waals surface area contributed by atoms with Gasteiger partial charge < -0.3 is 14.2 Å². The zero-order valence-electron chi connectivity index (χ0n) is 11.4. The van der Waals surface area contributed by atoms with Crippen LogP contribution in [0.3, 0.4) is 0 Å². The Morgan fingerprint density at radius 1 is 0.950 bits per heavy atom. The van der Waals surface area contributed by atoms with Gasteiger partial charge in [-0.3, -0.25) is 0 Å². The highest BCUT2D eigenvalue weighted by Crippen LogP contribution is 2.37. The Hall–Kier alpha value is -2.67. The first kappa shape index (κ1) is 13.8. The Morgan fingerprint density at radius 3 is 2.40 bits per heavy atom. The third-order valence-corrected chi connectivity index (χ3v) is 2.89. The minimum Gasteiger partial charge on any atom is -0.493 e. The highest BCUT2D eigenvalue weighted by atomic mass is 16.5. The molecule has 102 valence electrons. The predicted octanol–water partition coefficient (Wildman–Crippen LogP) is 3.15. The number of hydrogen-bond acceptors (Lipinski definition) is 4. The van der Waals surface area contributed by atoms with E-state index in [1.165, 1.54) is 0 Å². The smallest absolute Gasteiger partial charge is 0.203 e. The minimum atomic E-state index is 0.299. The van der Waals surface area contributed by atoms with E-state index in [1.807, 2.05) is 24.3 Å². The van der Waals surface area contributed by atoms with Crippen molar-refractivity contribution in [3.8, 4) is 23.3 Å². The molecule has 20 heavy (non-hydrogen) atoms. The fourth-order valence-corrected chi connectivity index (χ4v) is 1.88. The van der Waals surface area contributed by atoms with Crippen molar-refractivity contribution in [3.05, 3.63) is 53.6 Å². The van der Waals surface area contributed by atoms with Gasteiger partial charge in [0.2, 0.25) is 5.75 Å². The van der Waals surface area contributed by atoms with Crippen LogP contribution in [0.5, 0.6) is 17.2 Å². The van der Waals surface area contributed by atoms with Crippen LogP contribution in [-0.2, 0) is 6.61 Å². The van der Waals surface area contributed by atoms with E-state index in [4.69, 9.17) is 19.5 Å². The molecule has 0 aliphatic heterocycles. The monoisotopic (exact) mass is 269 g/mol. The maximum atomic E-state index is 9.05. The first-order valence-electron chi connectivity index (χ1n) is 6.12. The van der Waals surface area contributed by atoms with Gasteiger partial charge in [0, 0.05) is 5.56 Å². The molecular formula is C16H15NO3. The second kappa shape index (κ2) is 6.48. The van der Waals surface area contributed by atoms with Crippen LogP contribution in [-0.4, -0.2) is 14.2 Å². The van der Waals surface area contributed by atoms with Gasteiger partial charge in [-0.15, -0.1) is 0 Å². The Kier molecular flexibility index (Phi) is 4.46. The Balaban J connectivity index is 2.21. The Bertz CT molecular complexity index is 632. The van der Waals surface area contributed by atoms with Crippen molar-refractivity contribution in [2.75, 3.05) is 14.2 Å². The molecule has 0 aliphatic carbocycles. The van der Waals surface area contributed by atoms with Gasteiger partial charge in [0.15, 0.2) is 11.5 Å². The molecule has 0 atom stereocenters. The average Bonchev–Trinajstić information content (AvgIpc) is 2.52. The van der Waals surface area contributed by atoms with Gasteiger partial charge in [0.25, 0.3) is 0 Å². The maximum absolute atomic E-state index is 9.05. The normalized spacial score (nSPS) is 9.65. The lowest BCUT2D eigenvalue weighted by atomic mass is 10.1. The molecule has 0 saturated carbocycles. The molecule has 2 aromatic rings. The van der Waals surface area contributed by atoms with Crippen LogP contribution in [0, 0.1) is 11.3 Å². The van der Waals surface area contributed by atoms with Gasteiger partial charge >= 0.3 is 0 Å². The highest BCUT2D eigenvalue weighted by Gasteiger charge is 2.11. The molecule has 0 aromatic heterocycles. The number of nitriles is 1. The number of ether oxygens (including phenoxy) is 3. The molecule has 4 nitrogen and oxygen atoms in total. The molecule has 0 fully saturated rings. The molecule has 0 amide bonds. The summed E-state index contributed by atoms with van der Waals surface area (Å²) < 4.78 is 16.3. The van der Waals surface area contributed by atoms with E-state index >= 15 is 0 Å². The standard InChI is InChI=1S/C16H15NO3/c1-18-14-8-5-9-15(16(14)19-2)20-11-13-7-4-3-6-12(13)10-17/h3-9H,11H2,1-2H3. The minimum absolute atomic E-state index is 0.299. The van der Waals surface area contributed by atoms with Crippen LogP contribution in [0.25, 0.3) is 0 Å². The van der Waals surface area contributed by atoms with E-state index < -0.39 is 0 Å². The lowest BCUT2D eigenvalue weighted by molar-refractivity contribution is 0.275. The van der Waals surface area contributed by atoms with Crippen LogP contribution in [0.1, 0.15) is 11.1 Å². The van der Waals surface area contributed by atoms with Crippen LogP contribution >= 0.6 is 0 Å². The summed E-state index contributed by atoms with van der Waals surface area (Å²) in [6, 6.07) is 14.9. The van der Waals surface area contributed by atoms with E-state index in [1.54, 1.807) is 32.4 Å². The van der Waals surface area contributed by atoms with Crippen LogP contribution in [0.15, 0.2) is 42.5 Å². The zero-order valence-corrected chi connectivity index (χ0v) is 11.4. The third-order valence-electron chi connectivity index (χ3n) is 2.89. The molecule has 2 aromatic carbocycles. The lowest BCUT2D eigenvalue weighted by Gasteiger charge is -2.13. The van der Waals surface area contributed by atoms with Crippen molar-refractivity contribution in [2.24, 2.45) is 0 Å².